The van der Waals surface area contributed by atoms with Crippen molar-refractivity contribution in [2.24, 2.45) is 0 Å². The zero-order chi connectivity index (χ0) is 12.1. The van der Waals surface area contributed by atoms with Crippen LogP contribution in [0.15, 0.2) is 18.2 Å². The summed E-state index contributed by atoms with van der Waals surface area (Å²) >= 11 is 0. The molecule has 0 aliphatic carbocycles. The number of aromatic carboxylic acids is 1. The van der Waals surface area contributed by atoms with Gasteiger partial charge in [-0.3, -0.25) is 5.32 Å². The standard InChI is InChI=1S/C10H11NO5/c1-15-8-5-6(11-10(14)16-2)3-4-7(8)9(12)13/h3-5H,1-2H3,(H,11,14)(H,12,13). The Morgan fingerprint density at radius 3 is 2.50 bits per heavy atom. The molecule has 0 bridgehead atoms. The summed E-state index contributed by atoms with van der Waals surface area (Å²) in [4.78, 5) is 21.7. The quantitative estimate of drug-likeness (QED) is 0.815. The number of rotatable bonds is 3. The van der Waals surface area contributed by atoms with Crippen LogP contribution < -0.4 is 10.1 Å². The molecule has 0 atom stereocenters. The third-order valence-electron chi connectivity index (χ3n) is 1.86. The van der Waals surface area contributed by atoms with Gasteiger partial charge >= 0.3 is 12.1 Å². The number of nitrogens with one attached hydrogen (secondary N) is 1. The van der Waals surface area contributed by atoms with Gasteiger partial charge in [0.15, 0.2) is 0 Å². The zero-order valence-corrected chi connectivity index (χ0v) is 8.81. The van der Waals surface area contributed by atoms with Crippen LogP contribution in [0.1, 0.15) is 10.4 Å². The lowest BCUT2D eigenvalue weighted by atomic mass is 10.2. The number of carbonyl (C=O) groups excluding carboxylic acids is 1. The number of carbonyl (C=O) groups is 2. The summed E-state index contributed by atoms with van der Waals surface area (Å²) in [7, 11) is 2.59. The molecule has 2 N–H and O–H groups in total. The topological polar surface area (TPSA) is 84.9 Å². The highest BCUT2D eigenvalue weighted by Gasteiger charge is 2.12. The molecule has 0 radical (unpaired) electrons. The molecule has 1 amide bonds. The van der Waals surface area contributed by atoms with Crippen LogP contribution in [0.25, 0.3) is 0 Å². The first-order valence-electron chi connectivity index (χ1n) is 4.34. The smallest absolute Gasteiger partial charge is 0.411 e. The van der Waals surface area contributed by atoms with E-state index in [4.69, 9.17) is 9.84 Å². The molecule has 0 aliphatic rings. The van der Waals surface area contributed by atoms with Gasteiger partial charge in [-0.25, -0.2) is 9.59 Å². The van der Waals surface area contributed by atoms with Crippen molar-refractivity contribution in [1.29, 1.82) is 0 Å². The lowest BCUT2D eigenvalue weighted by molar-refractivity contribution is 0.0693. The van der Waals surface area contributed by atoms with E-state index in [0.717, 1.165) is 0 Å². The van der Waals surface area contributed by atoms with Crippen molar-refractivity contribution in [3.63, 3.8) is 0 Å². The predicted octanol–water partition coefficient (Wildman–Crippen LogP) is 1.57. The largest absolute Gasteiger partial charge is 0.496 e. The molecule has 0 heterocycles. The number of carboxylic acids is 1. The molecule has 16 heavy (non-hydrogen) atoms. The van der Waals surface area contributed by atoms with E-state index in [2.05, 4.69) is 10.1 Å². The van der Waals surface area contributed by atoms with Crippen LogP contribution in [0, 0.1) is 0 Å². The van der Waals surface area contributed by atoms with E-state index in [1.54, 1.807) is 0 Å². The van der Waals surface area contributed by atoms with Gasteiger partial charge in [-0.15, -0.1) is 0 Å². The van der Waals surface area contributed by atoms with Gasteiger partial charge in [-0.1, -0.05) is 0 Å². The van der Waals surface area contributed by atoms with E-state index in [-0.39, 0.29) is 11.3 Å². The number of amides is 1. The summed E-state index contributed by atoms with van der Waals surface area (Å²) in [6.45, 7) is 0. The second-order valence-corrected chi connectivity index (χ2v) is 2.84. The monoisotopic (exact) mass is 225 g/mol. The lowest BCUT2D eigenvalue weighted by Crippen LogP contribution is -2.11. The fourth-order valence-corrected chi connectivity index (χ4v) is 1.11. The van der Waals surface area contributed by atoms with E-state index >= 15 is 0 Å². The molecular formula is C10H11NO5. The molecular weight excluding hydrogens is 214 g/mol. The third kappa shape index (κ3) is 2.63. The second kappa shape index (κ2) is 5.01. The maximum absolute atomic E-state index is 10.9. The Balaban J connectivity index is 2.99. The number of hydrogen-bond acceptors (Lipinski definition) is 4. The van der Waals surface area contributed by atoms with Crippen LogP contribution in [0.4, 0.5) is 10.5 Å². The molecule has 0 unspecified atom stereocenters. The Labute approximate surface area is 91.8 Å². The van der Waals surface area contributed by atoms with Crippen molar-refractivity contribution in [2.75, 3.05) is 19.5 Å². The highest BCUT2D eigenvalue weighted by molar-refractivity contribution is 5.93. The Morgan fingerprint density at radius 1 is 1.31 bits per heavy atom. The van der Waals surface area contributed by atoms with Crippen molar-refractivity contribution < 1.29 is 24.2 Å². The van der Waals surface area contributed by atoms with Crippen molar-refractivity contribution >= 4 is 17.7 Å². The van der Waals surface area contributed by atoms with Gasteiger partial charge < -0.3 is 14.6 Å². The van der Waals surface area contributed by atoms with Crippen molar-refractivity contribution in [2.45, 2.75) is 0 Å². The first kappa shape index (κ1) is 11.8. The lowest BCUT2D eigenvalue weighted by Gasteiger charge is -2.08. The summed E-state index contributed by atoms with van der Waals surface area (Å²) in [5, 5.41) is 11.2. The maximum atomic E-state index is 10.9. The Kier molecular flexibility index (Phi) is 3.71. The summed E-state index contributed by atoms with van der Waals surface area (Å²) in [6.07, 6.45) is -0.634. The number of anilines is 1. The van der Waals surface area contributed by atoms with Gasteiger partial charge in [-0.2, -0.15) is 0 Å². The molecule has 0 fully saturated rings. The Bertz CT molecular complexity index is 416. The van der Waals surface area contributed by atoms with E-state index in [1.807, 2.05) is 0 Å². The molecule has 0 aromatic heterocycles. The fourth-order valence-electron chi connectivity index (χ4n) is 1.11. The molecule has 6 nitrogen and oxygen atoms in total. The van der Waals surface area contributed by atoms with Crippen LogP contribution >= 0.6 is 0 Å². The summed E-state index contributed by atoms with van der Waals surface area (Å²) < 4.78 is 9.29. The summed E-state index contributed by atoms with van der Waals surface area (Å²) in [5.74, 6) is -0.928. The highest BCUT2D eigenvalue weighted by atomic mass is 16.5. The van der Waals surface area contributed by atoms with Crippen LogP contribution in [0.5, 0.6) is 5.75 Å². The molecule has 86 valence electrons. The van der Waals surface area contributed by atoms with Crippen LogP contribution in [-0.2, 0) is 4.74 Å². The van der Waals surface area contributed by atoms with Crippen LogP contribution in [0.2, 0.25) is 0 Å². The van der Waals surface area contributed by atoms with Gasteiger partial charge in [0.25, 0.3) is 0 Å². The number of ether oxygens (including phenoxy) is 2. The Hall–Kier alpha value is -2.24. The molecule has 1 aromatic rings. The normalized spacial score (nSPS) is 9.38. The van der Waals surface area contributed by atoms with E-state index in [9.17, 15) is 9.59 Å². The molecule has 1 rings (SSSR count). The molecule has 0 saturated carbocycles. The molecule has 1 aromatic carbocycles. The third-order valence-corrected chi connectivity index (χ3v) is 1.86. The van der Waals surface area contributed by atoms with E-state index in [0.29, 0.717) is 5.69 Å². The minimum absolute atomic E-state index is 0.0258. The molecule has 0 aliphatic heterocycles. The maximum Gasteiger partial charge on any atom is 0.411 e. The van der Waals surface area contributed by atoms with E-state index in [1.165, 1.54) is 32.4 Å². The Morgan fingerprint density at radius 2 is 2.00 bits per heavy atom. The average molecular weight is 225 g/mol. The first-order valence-corrected chi connectivity index (χ1v) is 4.34. The summed E-state index contributed by atoms with van der Waals surface area (Å²) in [5.41, 5.74) is 0.423. The first-order chi connectivity index (χ1) is 7.58. The van der Waals surface area contributed by atoms with Crippen molar-refractivity contribution in [1.82, 2.24) is 0 Å². The number of carboxylic acid groups (broad SMARTS) is 1. The predicted molar refractivity (Wildman–Crippen MR) is 56.0 cm³/mol. The van der Waals surface area contributed by atoms with Gasteiger partial charge in [0, 0.05) is 11.8 Å². The minimum atomic E-state index is -1.10. The van der Waals surface area contributed by atoms with Gasteiger partial charge in [0.1, 0.15) is 11.3 Å². The molecule has 0 spiro atoms. The van der Waals surface area contributed by atoms with Gasteiger partial charge in [0.05, 0.1) is 14.2 Å². The fraction of sp³-hybridized carbons (Fsp3) is 0.200. The molecule has 6 heteroatoms. The van der Waals surface area contributed by atoms with Crippen LogP contribution in [-0.4, -0.2) is 31.4 Å². The number of methoxy groups -OCH3 is 2. The van der Waals surface area contributed by atoms with Gasteiger partial charge in [-0.05, 0) is 12.1 Å². The number of benzene rings is 1. The zero-order valence-electron chi connectivity index (χ0n) is 8.81. The van der Waals surface area contributed by atoms with Crippen molar-refractivity contribution in [3.05, 3.63) is 23.8 Å². The minimum Gasteiger partial charge on any atom is -0.496 e. The highest BCUT2D eigenvalue weighted by Crippen LogP contribution is 2.23. The van der Waals surface area contributed by atoms with E-state index < -0.39 is 12.1 Å². The molecule has 0 saturated heterocycles. The average Bonchev–Trinajstić information content (AvgIpc) is 2.28. The van der Waals surface area contributed by atoms with Gasteiger partial charge in [0.2, 0.25) is 0 Å². The van der Waals surface area contributed by atoms with Crippen molar-refractivity contribution in [3.8, 4) is 5.75 Å². The van der Waals surface area contributed by atoms with Crippen LogP contribution in [0.3, 0.4) is 0 Å². The summed E-state index contributed by atoms with van der Waals surface area (Å²) in [6, 6.07) is 4.19. The SMILES string of the molecule is COC(=O)Nc1ccc(C(=O)O)c(OC)c1. The number of hydrogen-bond donors (Lipinski definition) is 2. The second-order valence-electron chi connectivity index (χ2n) is 2.84.